The summed E-state index contributed by atoms with van der Waals surface area (Å²) >= 11 is 5.99. The average Bonchev–Trinajstić information content (AvgIpc) is 3.24. The van der Waals surface area contributed by atoms with Crippen LogP contribution in [0.15, 0.2) is 48.8 Å². The third-order valence-electron chi connectivity index (χ3n) is 5.68. The van der Waals surface area contributed by atoms with Gasteiger partial charge in [0.05, 0.1) is 30.0 Å². The fraction of sp³-hybridized carbons (Fsp3) is 0.318. The van der Waals surface area contributed by atoms with Crippen LogP contribution in [0.5, 0.6) is 0 Å². The van der Waals surface area contributed by atoms with Crippen molar-refractivity contribution in [2.24, 2.45) is 5.92 Å². The number of carbonyl (C=O) groups is 1. The Morgan fingerprint density at radius 3 is 2.53 bits per heavy atom. The highest BCUT2D eigenvalue weighted by Gasteiger charge is 2.34. The molecule has 3 heterocycles. The van der Waals surface area contributed by atoms with Crippen molar-refractivity contribution in [3.05, 3.63) is 76.3 Å². The molecule has 4 rings (SSSR count). The Morgan fingerprint density at radius 2 is 1.83 bits per heavy atom. The lowest BCUT2D eigenvalue weighted by atomic mass is 9.95. The van der Waals surface area contributed by atoms with E-state index in [1.54, 1.807) is 12.4 Å². The molecule has 1 saturated heterocycles. The first kappa shape index (κ1) is 20.5. The van der Waals surface area contributed by atoms with Gasteiger partial charge in [-0.15, -0.1) is 0 Å². The smallest absolute Gasteiger partial charge is 0.225 e. The van der Waals surface area contributed by atoms with E-state index >= 15 is 0 Å². The first-order valence-electron chi connectivity index (χ1n) is 9.95. The van der Waals surface area contributed by atoms with Gasteiger partial charge in [-0.3, -0.25) is 9.78 Å². The van der Waals surface area contributed by atoms with E-state index in [1.807, 2.05) is 54.9 Å². The highest BCUT2D eigenvalue weighted by Crippen LogP contribution is 2.27. The molecule has 0 aliphatic carbocycles. The SMILES string of the molecule is Cc1nn(-c2ccc(Cl)cc2)c(C)c1CC(=O)NC1NNC(c2ccncc2)C1C. The second-order valence-corrected chi connectivity index (χ2v) is 8.10. The molecule has 7 nitrogen and oxygen atoms in total. The molecule has 30 heavy (non-hydrogen) atoms. The Hall–Kier alpha value is -2.74. The minimum atomic E-state index is -0.164. The van der Waals surface area contributed by atoms with Crippen molar-refractivity contribution >= 4 is 17.5 Å². The van der Waals surface area contributed by atoms with E-state index in [2.05, 4.69) is 33.2 Å². The zero-order valence-electron chi connectivity index (χ0n) is 17.2. The van der Waals surface area contributed by atoms with Crippen molar-refractivity contribution in [2.45, 2.75) is 39.4 Å². The Bertz CT molecular complexity index is 1030. The van der Waals surface area contributed by atoms with E-state index < -0.39 is 0 Å². The number of rotatable bonds is 5. The summed E-state index contributed by atoms with van der Waals surface area (Å²) in [5.74, 6) is 0.133. The van der Waals surface area contributed by atoms with Crippen LogP contribution in [0.4, 0.5) is 0 Å². The predicted octanol–water partition coefficient (Wildman–Crippen LogP) is 3.01. The van der Waals surface area contributed by atoms with Gasteiger partial charge in [-0.1, -0.05) is 18.5 Å². The van der Waals surface area contributed by atoms with Gasteiger partial charge in [0, 0.05) is 34.6 Å². The minimum absolute atomic E-state index is 0.0432. The molecule has 1 amide bonds. The first-order chi connectivity index (χ1) is 14.4. The Labute approximate surface area is 180 Å². The number of hydrogen-bond acceptors (Lipinski definition) is 5. The number of amides is 1. The zero-order valence-corrected chi connectivity index (χ0v) is 17.9. The van der Waals surface area contributed by atoms with Crippen LogP contribution >= 0.6 is 11.6 Å². The number of halogens is 1. The summed E-state index contributed by atoms with van der Waals surface area (Å²) in [6.45, 7) is 6.02. The third kappa shape index (κ3) is 4.09. The van der Waals surface area contributed by atoms with Gasteiger partial charge in [0.25, 0.3) is 0 Å². The Morgan fingerprint density at radius 1 is 1.13 bits per heavy atom. The molecular formula is C22H25ClN6O. The Kier molecular flexibility index (Phi) is 5.85. The second-order valence-electron chi connectivity index (χ2n) is 7.67. The number of aryl methyl sites for hydroxylation is 1. The van der Waals surface area contributed by atoms with Crippen molar-refractivity contribution in [1.29, 1.82) is 0 Å². The van der Waals surface area contributed by atoms with Crippen LogP contribution in [0.1, 0.15) is 35.5 Å². The fourth-order valence-electron chi connectivity index (χ4n) is 3.91. The van der Waals surface area contributed by atoms with Gasteiger partial charge in [-0.2, -0.15) is 5.10 Å². The number of benzene rings is 1. The summed E-state index contributed by atoms with van der Waals surface area (Å²) < 4.78 is 1.85. The molecule has 1 aromatic carbocycles. The number of nitrogens with one attached hydrogen (secondary N) is 3. The van der Waals surface area contributed by atoms with E-state index in [-0.39, 0.29) is 30.5 Å². The lowest BCUT2D eigenvalue weighted by Gasteiger charge is -2.20. The molecule has 3 aromatic rings. The number of carbonyl (C=O) groups excluding carboxylic acids is 1. The van der Waals surface area contributed by atoms with E-state index in [1.165, 1.54) is 0 Å². The maximum Gasteiger partial charge on any atom is 0.225 e. The van der Waals surface area contributed by atoms with Gasteiger partial charge in [0.1, 0.15) is 0 Å². The normalized spacial score (nSPS) is 21.0. The topological polar surface area (TPSA) is 83.9 Å². The molecule has 0 saturated carbocycles. The number of nitrogens with zero attached hydrogens (tertiary/aromatic N) is 3. The van der Waals surface area contributed by atoms with E-state index in [0.29, 0.717) is 5.02 Å². The first-order valence-corrected chi connectivity index (χ1v) is 10.3. The molecule has 1 fully saturated rings. The molecule has 1 aliphatic rings. The lowest BCUT2D eigenvalue weighted by molar-refractivity contribution is -0.121. The van der Waals surface area contributed by atoms with Crippen LogP contribution in [0.2, 0.25) is 5.02 Å². The van der Waals surface area contributed by atoms with Gasteiger partial charge >= 0.3 is 0 Å². The maximum atomic E-state index is 12.8. The summed E-state index contributed by atoms with van der Waals surface area (Å²) in [4.78, 5) is 16.9. The van der Waals surface area contributed by atoms with Gasteiger partial charge in [-0.05, 0) is 55.8 Å². The quantitative estimate of drug-likeness (QED) is 0.586. The summed E-state index contributed by atoms with van der Waals surface area (Å²) in [6, 6.07) is 11.6. The molecular weight excluding hydrogens is 400 g/mol. The molecule has 3 N–H and O–H groups in total. The molecule has 8 heteroatoms. The minimum Gasteiger partial charge on any atom is -0.339 e. The summed E-state index contributed by atoms with van der Waals surface area (Å²) in [7, 11) is 0. The summed E-state index contributed by atoms with van der Waals surface area (Å²) in [5.41, 5.74) is 11.3. The molecule has 1 aliphatic heterocycles. The van der Waals surface area contributed by atoms with Crippen molar-refractivity contribution < 1.29 is 4.79 Å². The summed E-state index contributed by atoms with van der Waals surface area (Å²) in [5, 5.41) is 8.40. The van der Waals surface area contributed by atoms with Crippen LogP contribution in [0, 0.1) is 19.8 Å². The fourth-order valence-corrected chi connectivity index (χ4v) is 4.04. The van der Waals surface area contributed by atoms with Crippen molar-refractivity contribution in [2.75, 3.05) is 0 Å². The molecule has 3 unspecified atom stereocenters. The summed E-state index contributed by atoms with van der Waals surface area (Å²) in [6.07, 6.45) is 3.66. The van der Waals surface area contributed by atoms with Gasteiger partial charge in [0.2, 0.25) is 5.91 Å². The average molecular weight is 425 g/mol. The van der Waals surface area contributed by atoms with Crippen LogP contribution < -0.4 is 16.2 Å². The lowest BCUT2D eigenvalue weighted by Crippen LogP contribution is -2.47. The largest absolute Gasteiger partial charge is 0.339 e. The van der Waals surface area contributed by atoms with E-state index in [0.717, 1.165) is 28.2 Å². The van der Waals surface area contributed by atoms with Crippen LogP contribution in [-0.2, 0) is 11.2 Å². The van der Waals surface area contributed by atoms with E-state index in [9.17, 15) is 4.79 Å². The Balaban J connectivity index is 1.44. The highest BCUT2D eigenvalue weighted by atomic mass is 35.5. The predicted molar refractivity (Wildman–Crippen MR) is 116 cm³/mol. The van der Waals surface area contributed by atoms with Gasteiger partial charge in [-0.25, -0.2) is 15.5 Å². The molecule has 2 aromatic heterocycles. The molecule has 156 valence electrons. The van der Waals surface area contributed by atoms with Crippen molar-refractivity contribution in [3.8, 4) is 5.69 Å². The van der Waals surface area contributed by atoms with Crippen molar-refractivity contribution in [1.82, 2.24) is 30.9 Å². The monoisotopic (exact) mass is 424 g/mol. The molecule has 0 radical (unpaired) electrons. The maximum absolute atomic E-state index is 12.8. The second kappa shape index (κ2) is 8.55. The number of aromatic nitrogens is 3. The van der Waals surface area contributed by atoms with Gasteiger partial charge in [0.15, 0.2) is 0 Å². The number of pyridine rings is 1. The van der Waals surface area contributed by atoms with Crippen molar-refractivity contribution in [3.63, 3.8) is 0 Å². The standard InChI is InChI=1S/C22H25ClN6O/c1-13-21(16-8-10-24-11-9-16)26-27-22(13)25-20(30)12-19-14(2)28-29(15(19)3)18-6-4-17(23)5-7-18/h4-11,13,21-22,26-27H,12H2,1-3H3,(H,25,30). The molecule has 3 atom stereocenters. The van der Waals surface area contributed by atoms with Crippen LogP contribution in [0.25, 0.3) is 5.69 Å². The van der Waals surface area contributed by atoms with Crippen LogP contribution in [0.3, 0.4) is 0 Å². The van der Waals surface area contributed by atoms with Crippen LogP contribution in [-0.4, -0.2) is 26.8 Å². The third-order valence-corrected chi connectivity index (χ3v) is 5.93. The zero-order chi connectivity index (χ0) is 21.3. The molecule has 0 bridgehead atoms. The van der Waals surface area contributed by atoms with E-state index in [4.69, 9.17) is 11.6 Å². The number of hydrogen-bond donors (Lipinski definition) is 3. The molecule has 0 spiro atoms. The highest BCUT2D eigenvalue weighted by molar-refractivity contribution is 6.30. The van der Waals surface area contributed by atoms with Gasteiger partial charge < -0.3 is 5.32 Å². The number of hydrazine groups is 1.